The molecule has 0 spiro atoms. The number of carbonyl (C=O) groups excluding carboxylic acids is 1. The van der Waals surface area contributed by atoms with E-state index < -0.39 is 5.60 Å². The van der Waals surface area contributed by atoms with Gasteiger partial charge in [-0.1, -0.05) is 24.5 Å². The zero-order chi connectivity index (χ0) is 15.7. The molecule has 122 valence electrons. The largest absolute Gasteiger partial charge is 0.380 e. The van der Waals surface area contributed by atoms with Crippen molar-refractivity contribution in [1.29, 1.82) is 0 Å². The lowest BCUT2D eigenvalue weighted by Gasteiger charge is -2.34. The van der Waals surface area contributed by atoms with Gasteiger partial charge in [-0.25, -0.2) is 4.68 Å². The van der Waals surface area contributed by atoms with E-state index in [4.69, 9.17) is 0 Å². The molecule has 2 heterocycles. The van der Waals surface area contributed by atoms with E-state index in [9.17, 15) is 9.90 Å². The molecule has 2 fully saturated rings. The third-order valence-corrected chi connectivity index (χ3v) is 5.07. The molecule has 0 aromatic carbocycles. The maximum absolute atomic E-state index is 12.8. The van der Waals surface area contributed by atoms with E-state index in [1.165, 1.54) is 0 Å². The Balaban J connectivity index is 1.77. The summed E-state index contributed by atoms with van der Waals surface area (Å²) >= 11 is 0. The van der Waals surface area contributed by atoms with Crippen molar-refractivity contribution in [2.75, 3.05) is 27.2 Å². The predicted octanol–water partition coefficient (Wildman–Crippen LogP) is 0.287. The first kappa shape index (κ1) is 15.4. The Morgan fingerprint density at radius 2 is 2.00 bits per heavy atom. The number of likely N-dealkylation sites (N-methyl/N-ethyl adjacent to an activating group) is 1. The van der Waals surface area contributed by atoms with Gasteiger partial charge >= 0.3 is 0 Å². The average Bonchev–Trinajstić information content (AvgIpc) is 3.16. The Labute approximate surface area is 130 Å². The zero-order valence-electron chi connectivity index (χ0n) is 13.4. The number of carbonyl (C=O) groups is 1. The number of amides is 1. The molecular formula is C15H25N5O2. The molecule has 1 saturated heterocycles. The molecule has 3 rings (SSSR count). The van der Waals surface area contributed by atoms with E-state index in [0.717, 1.165) is 19.3 Å². The van der Waals surface area contributed by atoms with Crippen LogP contribution in [-0.4, -0.2) is 74.6 Å². The number of nitrogens with zero attached hydrogens (tertiary/aromatic N) is 5. The van der Waals surface area contributed by atoms with Crippen LogP contribution in [0.1, 0.15) is 38.1 Å². The van der Waals surface area contributed by atoms with Crippen LogP contribution in [0, 0.1) is 0 Å². The maximum Gasteiger partial charge on any atom is 0.254 e. The number of likely N-dealkylation sites (tertiary alicyclic amines) is 1. The molecule has 7 nitrogen and oxygen atoms in total. The van der Waals surface area contributed by atoms with Gasteiger partial charge in [0.2, 0.25) is 0 Å². The molecule has 0 unspecified atom stereocenters. The fourth-order valence-corrected chi connectivity index (χ4v) is 3.74. The molecule has 2 aliphatic rings. The zero-order valence-corrected chi connectivity index (χ0v) is 13.4. The first-order valence-electron chi connectivity index (χ1n) is 8.05. The van der Waals surface area contributed by atoms with Gasteiger partial charge in [-0.05, 0) is 26.9 Å². The van der Waals surface area contributed by atoms with Crippen LogP contribution in [0.25, 0.3) is 0 Å². The van der Waals surface area contributed by atoms with Crippen LogP contribution >= 0.6 is 0 Å². The van der Waals surface area contributed by atoms with E-state index in [1.807, 2.05) is 29.9 Å². The Morgan fingerprint density at radius 3 is 2.59 bits per heavy atom. The Kier molecular flexibility index (Phi) is 4.18. The molecule has 1 N–H and O–H groups in total. The van der Waals surface area contributed by atoms with Crippen LogP contribution in [0.4, 0.5) is 0 Å². The van der Waals surface area contributed by atoms with Gasteiger partial charge < -0.3 is 14.9 Å². The summed E-state index contributed by atoms with van der Waals surface area (Å²) in [6.45, 7) is 1.20. The predicted molar refractivity (Wildman–Crippen MR) is 81.1 cm³/mol. The van der Waals surface area contributed by atoms with E-state index in [0.29, 0.717) is 25.9 Å². The number of aliphatic hydroxyl groups is 1. The summed E-state index contributed by atoms with van der Waals surface area (Å²) < 4.78 is 1.82. The molecule has 1 amide bonds. The Hall–Kier alpha value is -1.47. The van der Waals surface area contributed by atoms with Crippen LogP contribution < -0.4 is 0 Å². The summed E-state index contributed by atoms with van der Waals surface area (Å²) in [4.78, 5) is 16.7. The highest BCUT2D eigenvalue weighted by molar-refractivity contribution is 5.85. The van der Waals surface area contributed by atoms with Gasteiger partial charge in [0.15, 0.2) is 0 Å². The molecule has 1 aromatic heterocycles. The summed E-state index contributed by atoms with van der Waals surface area (Å²) in [5, 5.41) is 18.7. The van der Waals surface area contributed by atoms with Crippen LogP contribution in [0.2, 0.25) is 0 Å². The highest BCUT2D eigenvalue weighted by Gasteiger charge is 2.45. The minimum absolute atomic E-state index is 0.0774. The van der Waals surface area contributed by atoms with Crippen molar-refractivity contribution in [3.05, 3.63) is 12.4 Å². The topological polar surface area (TPSA) is 74.5 Å². The third kappa shape index (κ3) is 2.75. The van der Waals surface area contributed by atoms with Crippen molar-refractivity contribution in [3.8, 4) is 0 Å². The standard InChI is InChI=1S/C15H25N5O2/c1-18(2)12-10-19(11-13(12)20-9-8-16-17-20)14(21)15(22)6-4-3-5-7-15/h8-9,12-13,22H,3-7,10-11H2,1-2H3/t12-,13+/m1/s1. The van der Waals surface area contributed by atoms with Crippen molar-refractivity contribution < 1.29 is 9.90 Å². The monoisotopic (exact) mass is 307 g/mol. The highest BCUT2D eigenvalue weighted by atomic mass is 16.3. The summed E-state index contributed by atoms with van der Waals surface area (Å²) in [6.07, 6.45) is 7.64. The Morgan fingerprint density at radius 1 is 1.27 bits per heavy atom. The van der Waals surface area contributed by atoms with E-state index in [2.05, 4.69) is 15.2 Å². The minimum atomic E-state index is -1.16. The summed E-state index contributed by atoms with van der Waals surface area (Å²) in [5.74, 6) is -0.110. The van der Waals surface area contributed by atoms with Crippen molar-refractivity contribution in [2.24, 2.45) is 0 Å². The van der Waals surface area contributed by atoms with Gasteiger partial charge in [-0.2, -0.15) is 0 Å². The average molecular weight is 307 g/mol. The van der Waals surface area contributed by atoms with Crippen LogP contribution in [0.3, 0.4) is 0 Å². The fraction of sp³-hybridized carbons (Fsp3) is 0.800. The smallest absolute Gasteiger partial charge is 0.254 e. The van der Waals surface area contributed by atoms with Gasteiger partial charge in [-0.3, -0.25) is 4.79 Å². The molecule has 22 heavy (non-hydrogen) atoms. The fourth-order valence-electron chi connectivity index (χ4n) is 3.74. The number of hydrogen-bond donors (Lipinski definition) is 1. The van der Waals surface area contributed by atoms with Crippen LogP contribution in [0.5, 0.6) is 0 Å². The highest BCUT2D eigenvalue weighted by Crippen LogP contribution is 2.33. The first-order valence-corrected chi connectivity index (χ1v) is 8.05. The van der Waals surface area contributed by atoms with Crippen molar-refractivity contribution in [1.82, 2.24) is 24.8 Å². The summed E-state index contributed by atoms with van der Waals surface area (Å²) in [6, 6.07) is 0.256. The number of rotatable bonds is 3. The van der Waals surface area contributed by atoms with E-state index in [-0.39, 0.29) is 18.0 Å². The molecule has 1 saturated carbocycles. The van der Waals surface area contributed by atoms with E-state index in [1.54, 1.807) is 6.20 Å². The molecule has 1 aliphatic heterocycles. The van der Waals surface area contributed by atoms with Gasteiger partial charge in [-0.15, -0.1) is 5.10 Å². The second-order valence-corrected chi connectivity index (χ2v) is 6.78. The molecule has 0 bridgehead atoms. The maximum atomic E-state index is 12.8. The lowest BCUT2D eigenvalue weighted by molar-refractivity contribution is -0.153. The summed E-state index contributed by atoms with van der Waals surface area (Å²) in [5.41, 5.74) is -1.16. The SMILES string of the molecule is CN(C)[C@@H]1CN(C(=O)C2(O)CCCCC2)C[C@@H]1n1ccnn1. The lowest BCUT2D eigenvalue weighted by Crippen LogP contribution is -2.50. The third-order valence-electron chi connectivity index (χ3n) is 5.07. The Bertz CT molecular complexity index is 510. The number of aromatic nitrogens is 3. The van der Waals surface area contributed by atoms with Gasteiger partial charge in [0.25, 0.3) is 5.91 Å². The first-order chi connectivity index (χ1) is 10.5. The van der Waals surface area contributed by atoms with Gasteiger partial charge in [0, 0.05) is 19.3 Å². The minimum Gasteiger partial charge on any atom is -0.380 e. The molecular weight excluding hydrogens is 282 g/mol. The second-order valence-electron chi connectivity index (χ2n) is 6.78. The van der Waals surface area contributed by atoms with Gasteiger partial charge in [0.1, 0.15) is 5.60 Å². The molecule has 7 heteroatoms. The molecule has 2 atom stereocenters. The number of hydrogen-bond acceptors (Lipinski definition) is 5. The summed E-state index contributed by atoms with van der Waals surface area (Å²) in [7, 11) is 4.02. The second kappa shape index (κ2) is 5.96. The van der Waals surface area contributed by atoms with Crippen LogP contribution in [-0.2, 0) is 4.79 Å². The van der Waals surface area contributed by atoms with Crippen molar-refractivity contribution in [2.45, 2.75) is 49.8 Å². The molecule has 1 aromatic rings. The quantitative estimate of drug-likeness (QED) is 0.868. The lowest BCUT2D eigenvalue weighted by atomic mass is 9.84. The van der Waals surface area contributed by atoms with Crippen molar-refractivity contribution in [3.63, 3.8) is 0 Å². The van der Waals surface area contributed by atoms with Crippen molar-refractivity contribution >= 4 is 5.91 Å². The normalized spacial score (nSPS) is 28.3. The van der Waals surface area contributed by atoms with Crippen LogP contribution in [0.15, 0.2) is 12.4 Å². The molecule has 1 aliphatic carbocycles. The molecule has 0 radical (unpaired) electrons. The van der Waals surface area contributed by atoms with Gasteiger partial charge in [0.05, 0.1) is 18.3 Å². The van der Waals surface area contributed by atoms with E-state index >= 15 is 0 Å².